The number of rotatable bonds is 52. The van der Waals surface area contributed by atoms with E-state index in [1.54, 1.807) is 88.4 Å². The zero-order valence-corrected chi connectivity index (χ0v) is 70.3. The van der Waals surface area contributed by atoms with Crippen LogP contribution < -0.4 is 98.2 Å². The molecule has 0 radical (unpaired) electrons. The number of phenols is 1. The topological polar surface area (TPSA) is 699 Å². The zero-order chi connectivity index (χ0) is 93.3. The molecule has 1 saturated heterocycles. The van der Waals surface area contributed by atoms with Crippen molar-refractivity contribution in [3.8, 4) is 5.75 Å². The van der Waals surface area contributed by atoms with Crippen molar-refractivity contribution in [2.75, 3.05) is 25.4 Å². The summed E-state index contributed by atoms with van der Waals surface area (Å²) in [7, 11) is 0. The van der Waals surface area contributed by atoms with Crippen LogP contribution in [-0.2, 0) is 101 Å². The Morgan fingerprint density at radius 2 is 0.919 bits per heavy atom. The third-order valence-corrected chi connectivity index (χ3v) is 19.4. The van der Waals surface area contributed by atoms with Crippen LogP contribution in [0.15, 0.2) is 84.9 Å². The van der Waals surface area contributed by atoms with Crippen molar-refractivity contribution in [1.29, 1.82) is 5.41 Å². The van der Waals surface area contributed by atoms with Crippen molar-refractivity contribution in [1.82, 2.24) is 68.7 Å². The second-order valence-corrected chi connectivity index (χ2v) is 30.8. The SMILES string of the molecule is CC(C)C[C@H](NC(=O)[C@@H](NC(=O)[C@H](Cc1ccccc1)NC(=O)[C@H](CC(N)=O)NC(=O)[C@H](CCC(N)=O)NC(=O)[C@H](CC(C)C)NC(=O)[C@@H]1CCCN1C(=O)[C@H](CCCCN)NC(=O)[C@H](CCC(=O)O)NC(=O)[C@@H](N)Cc1ccc(O)cc1)[C@@H](C)O)C(=O)N[C@@H](CS)C(=O)N[C@@H](Cc1ccccc1)C(=O)NC(CCCNC(=N)N)C(N)=O.O=C(O)C(F)(F)F. The summed E-state index contributed by atoms with van der Waals surface area (Å²) in [5.41, 5.74) is 35.7. The van der Waals surface area contributed by atoms with Gasteiger partial charge in [0.15, 0.2) is 5.96 Å². The summed E-state index contributed by atoms with van der Waals surface area (Å²) < 4.78 is 31.7. The van der Waals surface area contributed by atoms with Crippen LogP contribution in [0.3, 0.4) is 0 Å². The molecule has 686 valence electrons. The minimum atomic E-state index is -5.08. The molecule has 45 heteroatoms. The van der Waals surface area contributed by atoms with E-state index in [1.807, 2.05) is 0 Å². The number of hydrogen-bond acceptors (Lipinski definition) is 23. The number of carboxylic acids is 2. The van der Waals surface area contributed by atoms with E-state index >= 15 is 0 Å². The first kappa shape index (κ1) is 106. The monoisotopic (exact) mass is 1770 g/mol. The number of thiol groups is 1. The van der Waals surface area contributed by atoms with Gasteiger partial charge in [0, 0.05) is 44.5 Å². The zero-order valence-electron chi connectivity index (χ0n) is 69.4. The van der Waals surface area contributed by atoms with Crippen LogP contribution in [0.5, 0.6) is 5.75 Å². The number of nitrogens with two attached hydrogens (primary N) is 6. The van der Waals surface area contributed by atoms with Crippen LogP contribution >= 0.6 is 12.6 Å². The molecular weight excluding hydrogens is 1650 g/mol. The van der Waals surface area contributed by atoms with Gasteiger partial charge in [-0.2, -0.15) is 25.8 Å². The molecule has 0 bridgehead atoms. The van der Waals surface area contributed by atoms with Crippen molar-refractivity contribution in [3.05, 3.63) is 102 Å². The number of aliphatic carboxylic acids is 2. The molecular formula is C79H117F3N20O21S. The third-order valence-electron chi connectivity index (χ3n) is 19.0. The van der Waals surface area contributed by atoms with Crippen molar-refractivity contribution < 1.29 is 115 Å². The number of guanidine groups is 1. The maximum atomic E-state index is 14.7. The molecule has 1 heterocycles. The van der Waals surface area contributed by atoms with E-state index in [9.17, 15) is 105 Å². The van der Waals surface area contributed by atoms with E-state index < -0.39 is 223 Å². The second-order valence-electron chi connectivity index (χ2n) is 30.4. The number of aliphatic hydroxyl groups excluding tert-OH is 1. The van der Waals surface area contributed by atoms with Crippen molar-refractivity contribution in [2.45, 2.75) is 235 Å². The predicted octanol–water partition coefficient (Wildman–Crippen LogP) is -4.01. The molecule has 4 rings (SSSR count). The van der Waals surface area contributed by atoms with Gasteiger partial charge in [0.2, 0.25) is 88.6 Å². The van der Waals surface area contributed by atoms with Crippen molar-refractivity contribution in [2.24, 2.45) is 46.2 Å². The molecule has 0 spiro atoms. The predicted molar refractivity (Wildman–Crippen MR) is 445 cm³/mol. The number of carbonyl (C=O) groups is 17. The van der Waals surface area contributed by atoms with Gasteiger partial charge in [0.05, 0.1) is 18.6 Å². The van der Waals surface area contributed by atoms with Gasteiger partial charge in [0.25, 0.3) is 0 Å². The summed E-state index contributed by atoms with van der Waals surface area (Å²) >= 11 is 4.31. The summed E-state index contributed by atoms with van der Waals surface area (Å²) in [6.07, 6.45) is -9.27. The van der Waals surface area contributed by atoms with Crippen LogP contribution in [0, 0.1) is 17.2 Å². The van der Waals surface area contributed by atoms with Gasteiger partial charge in [0.1, 0.15) is 78.3 Å². The molecule has 124 heavy (non-hydrogen) atoms. The molecule has 41 nitrogen and oxygen atoms in total. The highest BCUT2D eigenvalue weighted by Crippen LogP contribution is 2.23. The lowest BCUT2D eigenvalue weighted by molar-refractivity contribution is -0.192. The standard InChI is InChI=1S/C77H116N20O19S.C2HF3O2/c1-41(2)34-53(93-74(114)59-22-15-33-97(59)76(116)52(20-12-13-31-78)89-66(106)51(28-30-62(102)103)87-65(105)48(79)36-46-23-25-47(99)26-24-46)68(108)88-50(27-29-60(80)100)67(107)92-57(39-61(81)101)71(111)90-56(38-45-18-10-7-11-19-45)72(112)96-63(43(5)98)75(115)94-54(35-42(3)4)69(109)95-58(40-117)73(113)91-55(37-44-16-8-6-9-17-44)70(110)86-49(64(82)104)21-14-32-85-77(83)84;3-2(4,5)1(6)7/h6-11,16-19,23-26,41-43,48-59,63,98-99,117H,12-15,20-22,27-40,78-79H2,1-5H3,(H2,80,100)(H2,81,101)(H2,82,104)(H,86,110)(H,87,105)(H,88,108)(H,89,106)(H,90,111)(H,91,113)(H,92,107)(H,93,114)(H,94,115)(H,95,109)(H,96,112)(H,102,103)(H4,83,84,85);(H,6,7)/t43-,48+,49?,50+,51+,52+,53+,54+,55+,56+,57+,58+,59+,63+;/m1./s1. The molecule has 29 N–H and O–H groups in total. The number of primary amides is 3. The molecule has 0 aromatic heterocycles. The summed E-state index contributed by atoms with van der Waals surface area (Å²) in [6, 6.07) is 2.65. The van der Waals surface area contributed by atoms with Crippen LogP contribution in [0.2, 0.25) is 0 Å². The Labute approximate surface area is 718 Å². The summed E-state index contributed by atoms with van der Waals surface area (Å²) in [6.45, 7) is 8.33. The van der Waals surface area contributed by atoms with E-state index in [1.165, 1.54) is 29.2 Å². The number of nitrogens with one attached hydrogen (secondary N) is 13. The van der Waals surface area contributed by atoms with Crippen molar-refractivity contribution >= 4 is 119 Å². The average molecular weight is 1770 g/mol. The number of unbranched alkanes of at least 4 members (excludes halogenated alkanes) is 1. The number of carboxylic acid groups (broad SMARTS) is 2. The number of alkyl halides is 3. The number of aromatic hydroxyl groups is 1. The van der Waals surface area contributed by atoms with Gasteiger partial charge in [-0.15, -0.1) is 0 Å². The average Bonchev–Trinajstić information content (AvgIpc) is 1.67. The number of halogens is 3. The fourth-order valence-electron chi connectivity index (χ4n) is 12.6. The van der Waals surface area contributed by atoms with E-state index in [2.05, 4.69) is 76.4 Å². The van der Waals surface area contributed by atoms with E-state index in [0.29, 0.717) is 23.1 Å². The largest absolute Gasteiger partial charge is 0.508 e. The maximum absolute atomic E-state index is 14.7. The fourth-order valence-corrected chi connectivity index (χ4v) is 12.9. The number of aliphatic hydroxyl groups is 1. The Morgan fingerprint density at radius 3 is 1.39 bits per heavy atom. The lowest BCUT2D eigenvalue weighted by Crippen LogP contribution is -2.62. The Kier molecular flexibility index (Phi) is 45.8. The molecule has 3 aromatic carbocycles. The highest BCUT2D eigenvalue weighted by Gasteiger charge is 2.43. The third kappa shape index (κ3) is 39.3. The van der Waals surface area contributed by atoms with Gasteiger partial charge in [-0.25, -0.2) is 4.79 Å². The Hall–Kier alpha value is -12.3. The quantitative estimate of drug-likeness (QED) is 0.0111. The number of amides is 15. The highest BCUT2D eigenvalue weighted by molar-refractivity contribution is 7.80. The smallest absolute Gasteiger partial charge is 0.490 e. The van der Waals surface area contributed by atoms with Gasteiger partial charge in [-0.05, 0) is 131 Å². The second kappa shape index (κ2) is 53.6. The Bertz CT molecular complexity index is 4120. The number of benzene rings is 3. The molecule has 1 aliphatic rings. The molecule has 0 aliphatic carbocycles. The molecule has 1 fully saturated rings. The summed E-state index contributed by atoms with van der Waals surface area (Å²) in [5.74, 6) is -20.2. The fraction of sp³-hybridized carbons (Fsp3) is 0.544. The summed E-state index contributed by atoms with van der Waals surface area (Å²) in [4.78, 5) is 231. The molecule has 0 saturated carbocycles. The minimum Gasteiger partial charge on any atom is -0.508 e. The van der Waals surface area contributed by atoms with E-state index in [-0.39, 0.29) is 120 Å². The normalized spacial score (nSPS) is 15.5. The van der Waals surface area contributed by atoms with Gasteiger partial charge in [-0.3, -0.25) is 82.1 Å². The first-order valence-electron chi connectivity index (χ1n) is 40.0. The van der Waals surface area contributed by atoms with Crippen LogP contribution in [0.25, 0.3) is 0 Å². The maximum Gasteiger partial charge on any atom is 0.490 e. The number of likely N-dealkylation sites (tertiary alicyclic amines) is 1. The van der Waals surface area contributed by atoms with E-state index in [0.717, 1.165) is 6.92 Å². The Morgan fingerprint density at radius 1 is 0.500 bits per heavy atom. The van der Waals surface area contributed by atoms with Crippen LogP contribution in [-0.4, -0.2) is 248 Å². The lowest BCUT2D eigenvalue weighted by Gasteiger charge is -2.31. The van der Waals surface area contributed by atoms with E-state index in [4.69, 9.17) is 49.7 Å². The highest BCUT2D eigenvalue weighted by atomic mass is 32.1. The Balaban J connectivity index is 0.00000542. The molecule has 14 atom stereocenters. The van der Waals surface area contributed by atoms with Crippen LogP contribution in [0.1, 0.15) is 141 Å². The number of hydrogen-bond donors (Lipinski definition) is 24. The number of carbonyl (C=O) groups excluding carboxylic acids is 15. The van der Waals surface area contributed by atoms with Gasteiger partial charge < -0.3 is 124 Å². The lowest BCUT2D eigenvalue weighted by atomic mass is 10.0. The number of nitrogens with zero attached hydrogens (tertiary/aromatic N) is 1. The molecule has 15 amide bonds. The first-order chi connectivity index (χ1) is 58.2. The molecule has 3 aromatic rings. The first-order valence-corrected chi connectivity index (χ1v) is 40.6. The van der Waals surface area contributed by atoms with Gasteiger partial charge in [-0.1, -0.05) is 100 Å². The van der Waals surface area contributed by atoms with Crippen molar-refractivity contribution in [3.63, 3.8) is 0 Å². The summed E-state index contributed by atoms with van der Waals surface area (Å²) in [5, 5.41) is 75.4. The van der Waals surface area contributed by atoms with Gasteiger partial charge >= 0.3 is 18.1 Å². The minimum absolute atomic E-state index is 0.00899. The molecule has 1 aliphatic heterocycles. The van der Waals surface area contributed by atoms with Crippen LogP contribution in [0.4, 0.5) is 13.2 Å². The number of phenolic OH excluding ortho intramolecular Hbond substituents is 1. The molecule has 1 unspecified atom stereocenters.